The molecule has 2 nitrogen and oxygen atoms in total. The van der Waals surface area contributed by atoms with Crippen LogP contribution < -0.4 is 5.32 Å². The number of carbonyl (C=O) groups is 1. The Labute approximate surface area is 98.2 Å². The minimum Gasteiger partial charge on any atom is -0.310 e. The van der Waals surface area contributed by atoms with E-state index in [4.69, 9.17) is 0 Å². The van der Waals surface area contributed by atoms with Crippen molar-refractivity contribution in [1.82, 2.24) is 5.32 Å². The Bertz CT molecular complexity index is 287. The van der Waals surface area contributed by atoms with Gasteiger partial charge in [-0.05, 0) is 25.5 Å². The van der Waals surface area contributed by atoms with Crippen molar-refractivity contribution in [3.05, 3.63) is 35.9 Å². The van der Waals surface area contributed by atoms with Crippen molar-refractivity contribution in [3.8, 4) is 0 Å². The molecule has 1 N–H and O–H groups in total. The molecule has 0 aliphatic heterocycles. The molecule has 1 aromatic carbocycles. The second-order valence-corrected chi connectivity index (χ2v) is 4.23. The highest BCUT2D eigenvalue weighted by Crippen LogP contribution is 2.07. The van der Waals surface area contributed by atoms with Gasteiger partial charge in [-0.2, -0.15) is 0 Å². The zero-order chi connectivity index (χ0) is 10.4. The molecule has 76 valence electrons. The summed E-state index contributed by atoms with van der Waals surface area (Å²) in [7, 11) is 1.83. The average Bonchev–Trinajstić information content (AvgIpc) is 2.20. The molecule has 0 aromatic heterocycles. The molecule has 0 aliphatic rings. The molecule has 0 heterocycles. The van der Waals surface area contributed by atoms with Crippen LogP contribution in [0.4, 0.5) is 0 Å². The quantitative estimate of drug-likeness (QED) is 0.667. The zero-order valence-electron chi connectivity index (χ0n) is 8.16. The van der Waals surface area contributed by atoms with Crippen LogP contribution in [0.25, 0.3) is 0 Å². The normalized spacial score (nSPS) is 12.4. The maximum atomic E-state index is 11.1. The summed E-state index contributed by atoms with van der Waals surface area (Å²) in [4.78, 5) is 11.1. The first kappa shape index (κ1) is 11.7. The molecule has 0 bridgehead atoms. The predicted octanol–water partition coefficient (Wildman–Crippen LogP) is 2.17. The van der Waals surface area contributed by atoms with Crippen LogP contribution in [-0.2, 0) is 11.2 Å². The first-order valence-electron chi connectivity index (χ1n) is 4.64. The highest BCUT2D eigenvalue weighted by atomic mass is 127. The van der Waals surface area contributed by atoms with Crippen molar-refractivity contribution in [2.75, 3.05) is 7.05 Å². The van der Waals surface area contributed by atoms with Crippen LogP contribution in [0.15, 0.2) is 30.3 Å². The largest absolute Gasteiger partial charge is 0.310 e. The van der Waals surface area contributed by atoms with E-state index in [0.717, 1.165) is 12.8 Å². The first-order chi connectivity index (χ1) is 6.74. The molecule has 0 spiro atoms. The van der Waals surface area contributed by atoms with Crippen molar-refractivity contribution in [1.29, 1.82) is 0 Å². The molecule has 3 heteroatoms. The lowest BCUT2D eigenvalue weighted by Gasteiger charge is -2.10. The van der Waals surface area contributed by atoms with E-state index in [1.807, 2.05) is 47.8 Å². The number of hydrogen-bond acceptors (Lipinski definition) is 2. The Morgan fingerprint density at radius 2 is 2.07 bits per heavy atom. The summed E-state index contributed by atoms with van der Waals surface area (Å²) in [6, 6.07) is 10.2. The fraction of sp³-hybridized carbons (Fsp3) is 0.364. The summed E-state index contributed by atoms with van der Waals surface area (Å²) in [5.74, 6) is 0. The number of likely N-dealkylation sites (N-methyl/N-ethyl adjacent to an activating group) is 1. The van der Waals surface area contributed by atoms with E-state index in [9.17, 15) is 4.79 Å². The second-order valence-electron chi connectivity index (χ2n) is 3.17. The van der Waals surface area contributed by atoms with Crippen LogP contribution in [0.2, 0.25) is 0 Å². The number of aryl methyl sites for hydroxylation is 1. The van der Waals surface area contributed by atoms with Gasteiger partial charge in [0.2, 0.25) is 3.79 Å². The zero-order valence-corrected chi connectivity index (χ0v) is 10.3. The second kappa shape index (κ2) is 6.14. The molecule has 0 aliphatic carbocycles. The van der Waals surface area contributed by atoms with Gasteiger partial charge in [-0.3, -0.25) is 4.79 Å². The SMILES string of the molecule is CN[C@@H](CCc1ccccc1)C(=O)I. The first-order valence-corrected chi connectivity index (χ1v) is 5.72. The van der Waals surface area contributed by atoms with Gasteiger partial charge in [0.15, 0.2) is 0 Å². The minimum absolute atomic E-state index is 0.0178. The number of halogens is 1. The smallest absolute Gasteiger partial charge is 0.209 e. The summed E-state index contributed by atoms with van der Waals surface area (Å²) in [5.41, 5.74) is 1.28. The highest BCUT2D eigenvalue weighted by molar-refractivity contribution is 14.1. The van der Waals surface area contributed by atoms with E-state index in [1.54, 1.807) is 0 Å². The van der Waals surface area contributed by atoms with Crippen LogP contribution in [0.1, 0.15) is 12.0 Å². The van der Waals surface area contributed by atoms with Gasteiger partial charge in [0.1, 0.15) is 0 Å². The van der Waals surface area contributed by atoms with Gasteiger partial charge in [0, 0.05) is 22.6 Å². The molecule has 0 fully saturated rings. The van der Waals surface area contributed by atoms with E-state index >= 15 is 0 Å². The maximum Gasteiger partial charge on any atom is 0.209 e. The van der Waals surface area contributed by atoms with Gasteiger partial charge in [0.05, 0.1) is 6.04 Å². The molecular formula is C11H14INO. The Morgan fingerprint density at radius 1 is 1.43 bits per heavy atom. The van der Waals surface area contributed by atoms with Crippen molar-refractivity contribution in [3.63, 3.8) is 0 Å². The van der Waals surface area contributed by atoms with Gasteiger partial charge in [-0.1, -0.05) is 30.3 Å². The lowest BCUT2D eigenvalue weighted by Crippen LogP contribution is -2.31. The maximum absolute atomic E-state index is 11.1. The molecular weight excluding hydrogens is 289 g/mol. The van der Waals surface area contributed by atoms with Crippen molar-refractivity contribution < 1.29 is 4.79 Å². The number of hydrogen-bond donors (Lipinski definition) is 1. The monoisotopic (exact) mass is 303 g/mol. The van der Waals surface area contributed by atoms with E-state index in [-0.39, 0.29) is 9.83 Å². The molecule has 0 amide bonds. The van der Waals surface area contributed by atoms with Crippen LogP contribution in [0, 0.1) is 0 Å². The van der Waals surface area contributed by atoms with E-state index in [2.05, 4.69) is 17.4 Å². The molecule has 0 radical (unpaired) electrons. The highest BCUT2D eigenvalue weighted by Gasteiger charge is 2.12. The third-order valence-corrected chi connectivity index (χ3v) is 2.94. The van der Waals surface area contributed by atoms with Crippen molar-refractivity contribution >= 4 is 26.4 Å². The van der Waals surface area contributed by atoms with E-state index < -0.39 is 0 Å². The molecule has 1 atom stereocenters. The number of carbonyl (C=O) groups excluding carboxylic acids is 1. The van der Waals surface area contributed by atoms with Crippen molar-refractivity contribution in [2.24, 2.45) is 0 Å². The third-order valence-electron chi connectivity index (χ3n) is 2.19. The van der Waals surface area contributed by atoms with E-state index in [0.29, 0.717) is 0 Å². The lowest BCUT2D eigenvalue weighted by molar-refractivity contribution is -0.111. The summed E-state index contributed by atoms with van der Waals surface area (Å²) in [5, 5.41) is 3.01. The summed E-state index contributed by atoms with van der Waals surface area (Å²) >= 11 is 1.85. The molecule has 0 saturated carbocycles. The van der Waals surface area contributed by atoms with Gasteiger partial charge in [-0.15, -0.1) is 0 Å². The molecule has 1 aromatic rings. The standard InChI is InChI=1S/C11H14INO/c1-13-10(11(12)14)8-7-9-5-3-2-4-6-9/h2-6,10,13H,7-8H2,1H3/t10-/m0/s1. The third kappa shape index (κ3) is 3.75. The average molecular weight is 303 g/mol. The fourth-order valence-corrected chi connectivity index (χ4v) is 1.95. The van der Waals surface area contributed by atoms with Gasteiger partial charge in [0.25, 0.3) is 0 Å². The summed E-state index contributed by atoms with van der Waals surface area (Å²) in [6.45, 7) is 0. The summed E-state index contributed by atoms with van der Waals surface area (Å²) < 4.78 is 0.182. The van der Waals surface area contributed by atoms with Gasteiger partial charge < -0.3 is 5.32 Å². The van der Waals surface area contributed by atoms with Crippen LogP contribution in [0.3, 0.4) is 0 Å². The Hall–Kier alpha value is -0.420. The molecule has 0 unspecified atom stereocenters. The summed E-state index contributed by atoms with van der Waals surface area (Å²) in [6.07, 6.45) is 1.81. The van der Waals surface area contributed by atoms with Gasteiger partial charge in [-0.25, -0.2) is 0 Å². The Kier molecular flexibility index (Phi) is 5.11. The number of benzene rings is 1. The van der Waals surface area contributed by atoms with Crippen LogP contribution in [0.5, 0.6) is 0 Å². The fourth-order valence-electron chi connectivity index (χ4n) is 1.33. The molecule has 14 heavy (non-hydrogen) atoms. The Morgan fingerprint density at radius 3 is 2.57 bits per heavy atom. The Balaban J connectivity index is 2.44. The molecule has 0 saturated heterocycles. The number of rotatable bonds is 5. The van der Waals surface area contributed by atoms with Crippen molar-refractivity contribution in [2.45, 2.75) is 18.9 Å². The minimum atomic E-state index is -0.0178. The topological polar surface area (TPSA) is 29.1 Å². The lowest BCUT2D eigenvalue weighted by atomic mass is 10.1. The van der Waals surface area contributed by atoms with Crippen LogP contribution >= 0.6 is 22.6 Å². The van der Waals surface area contributed by atoms with Crippen LogP contribution in [-0.4, -0.2) is 16.9 Å². The molecule has 1 rings (SSSR count). The predicted molar refractivity (Wildman–Crippen MR) is 66.6 cm³/mol. The van der Waals surface area contributed by atoms with Gasteiger partial charge >= 0.3 is 0 Å². The van der Waals surface area contributed by atoms with E-state index in [1.165, 1.54) is 5.56 Å². The number of nitrogens with one attached hydrogen (secondary N) is 1.